The van der Waals surface area contributed by atoms with Crippen LogP contribution < -0.4 is 0 Å². The standard InChI is InChI=1S/C13H12N2O3S2/c1-3-13(11-7(2)14-6-19-11)8(12(17)18)5-15-9(16)4-10(15)20-13/h3,5-6,10H,1,4H2,2H3,(H,17,18)/t10-,13?/m1/s1. The van der Waals surface area contributed by atoms with E-state index < -0.39 is 10.7 Å². The smallest absolute Gasteiger partial charge is 0.335 e. The van der Waals surface area contributed by atoms with Crippen LogP contribution in [0.2, 0.25) is 0 Å². The predicted octanol–water partition coefficient (Wildman–Crippen LogP) is 2.11. The number of aromatic nitrogens is 1. The Morgan fingerprint density at radius 3 is 2.95 bits per heavy atom. The van der Waals surface area contributed by atoms with Gasteiger partial charge in [-0.3, -0.25) is 4.79 Å². The Labute approximate surface area is 124 Å². The van der Waals surface area contributed by atoms with E-state index in [2.05, 4.69) is 11.6 Å². The number of hydrogen-bond acceptors (Lipinski definition) is 5. The van der Waals surface area contributed by atoms with Gasteiger partial charge in [-0.15, -0.1) is 29.7 Å². The van der Waals surface area contributed by atoms with E-state index in [0.717, 1.165) is 10.6 Å². The highest BCUT2D eigenvalue weighted by Crippen LogP contribution is 2.55. The Morgan fingerprint density at radius 1 is 1.70 bits per heavy atom. The Morgan fingerprint density at radius 2 is 2.45 bits per heavy atom. The highest BCUT2D eigenvalue weighted by Gasteiger charge is 2.52. The van der Waals surface area contributed by atoms with Gasteiger partial charge in [-0.1, -0.05) is 6.08 Å². The Balaban J connectivity index is 2.18. The van der Waals surface area contributed by atoms with Crippen LogP contribution in [0.3, 0.4) is 0 Å². The maximum Gasteiger partial charge on any atom is 0.335 e. The van der Waals surface area contributed by atoms with Gasteiger partial charge in [0.05, 0.1) is 33.4 Å². The zero-order valence-electron chi connectivity index (χ0n) is 10.7. The fourth-order valence-electron chi connectivity index (χ4n) is 2.47. The average molecular weight is 308 g/mol. The van der Waals surface area contributed by atoms with Crippen molar-refractivity contribution in [3.05, 3.63) is 40.5 Å². The van der Waals surface area contributed by atoms with Gasteiger partial charge in [-0.25, -0.2) is 9.78 Å². The number of carboxylic acid groups (broad SMARTS) is 1. The normalized spacial score (nSPS) is 28.4. The molecular weight excluding hydrogens is 296 g/mol. The molecule has 0 spiro atoms. The molecular formula is C13H12N2O3S2. The van der Waals surface area contributed by atoms with Gasteiger partial charge in [0.1, 0.15) is 4.75 Å². The number of nitrogens with zero attached hydrogens (tertiary/aromatic N) is 2. The van der Waals surface area contributed by atoms with Crippen LogP contribution in [0.4, 0.5) is 0 Å². The third kappa shape index (κ3) is 1.66. The van der Waals surface area contributed by atoms with E-state index in [0.29, 0.717) is 6.42 Å². The number of thioether (sulfide) groups is 1. The molecule has 2 atom stereocenters. The van der Waals surface area contributed by atoms with Crippen LogP contribution in [-0.4, -0.2) is 32.2 Å². The SMILES string of the molecule is C=CC1(c2scnc2C)S[C@@H]2CC(=O)N2C=C1C(=O)O. The van der Waals surface area contributed by atoms with Crippen LogP contribution >= 0.6 is 23.1 Å². The minimum absolute atomic E-state index is 0.0231. The third-order valence-corrected chi connectivity index (χ3v) is 6.36. The number of carbonyl (C=O) groups is 2. The molecule has 2 aliphatic rings. The van der Waals surface area contributed by atoms with Crippen molar-refractivity contribution >= 4 is 35.0 Å². The summed E-state index contributed by atoms with van der Waals surface area (Å²) in [6, 6.07) is 0. The molecule has 1 amide bonds. The summed E-state index contributed by atoms with van der Waals surface area (Å²) in [5, 5.41) is 9.50. The molecule has 7 heteroatoms. The first kappa shape index (κ1) is 13.4. The quantitative estimate of drug-likeness (QED) is 0.684. The Bertz CT molecular complexity index is 652. The zero-order chi connectivity index (χ0) is 14.5. The maximum atomic E-state index is 11.6. The van der Waals surface area contributed by atoms with Crippen LogP contribution in [0.15, 0.2) is 29.9 Å². The first-order valence-electron chi connectivity index (χ1n) is 5.98. The van der Waals surface area contributed by atoms with Crippen molar-refractivity contribution in [1.29, 1.82) is 0 Å². The van der Waals surface area contributed by atoms with E-state index in [-0.39, 0.29) is 16.9 Å². The van der Waals surface area contributed by atoms with Gasteiger partial charge < -0.3 is 10.0 Å². The van der Waals surface area contributed by atoms with Crippen molar-refractivity contribution in [2.75, 3.05) is 0 Å². The lowest BCUT2D eigenvalue weighted by atomic mass is 9.94. The van der Waals surface area contributed by atoms with Crippen molar-refractivity contribution in [3.8, 4) is 0 Å². The number of aryl methyl sites for hydroxylation is 1. The molecule has 1 aromatic heterocycles. The average Bonchev–Trinajstić information content (AvgIpc) is 2.83. The lowest BCUT2D eigenvalue weighted by Gasteiger charge is -2.47. The predicted molar refractivity (Wildman–Crippen MR) is 77.3 cm³/mol. The Hall–Kier alpha value is -1.60. The van der Waals surface area contributed by atoms with E-state index in [1.807, 2.05) is 6.92 Å². The molecule has 1 unspecified atom stereocenters. The van der Waals surface area contributed by atoms with Crippen molar-refractivity contribution in [3.63, 3.8) is 0 Å². The van der Waals surface area contributed by atoms with Crippen LogP contribution in [-0.2, 0) is 14.3 Å². The first-order valence-corrected chi connectivity index (χ1v) is 7.74. The number of carboxylic acids is 1. The van der Waals surface area contributed by atoms with Gasteiger partial charge in [0.2, 0.25) is 5.91 Å². The number of carbonyl (C=O) groups excluding carboxylic acids is 1. The van der Waals surface area contributed by atoms with Crippen LogP contribution in [0.25, 0.3) is 0 Å². The second kappa shape index (κ2) is 4.46. The van der Waals surface area contributed by atoms with Crippen molar-refractivity contribution in [2.24, 2.45) is 0 Å². The van der Waals surface area contributed by atoms with Crippen LogP contribution in [0.5, 0.6) is 0 Å². The molecule has 20 heavy (non-hydrogen) atoms. The molecule has 0 bridgehead atoms. The van der Waals surface area contributed by atoms with Gasteiger partial charge in [0.15, 0.2) is 0 Å². The highest BCUT2D eigenvalue weighted by molar-refractivity contribution is 8.01. The second-order valence-corrected chi connectivity index (χ2v) is 6.91. The minimum atomic E-state index is -1.04. The number of β-lactam (4-membered cyclic amide) rings is 1. The summed E-state index contributed by atoms with van der Waals surface area (Å²) in [5.41, 5.74) is 2.66. The molecule has 3 rings (SSSR count). The molecule has 1 N–H and O–H groups in total. The molecule has 0 radical (unpaired) electrons. The minimum Gasteiger partial charge on any atom is -0.478 e. The molecule has 3 heterocycles. The molecule has 104 valence electrons. The van der Waals surface area contributed by atoms with Crippen molar-refractivity contribution in [1.82, 2.24) is 9.88 Å². The van der Waals surface area contributed by atoms with Crippen LogP contribution in [0.1, 0.15) is 17.0 Å². The fraction of sp³-hybridized carbons (Fsp3) is 0.308. The summed E-state index contributed by atoms with van der Waals surface area (Å²) in [4.78, 5) is 29.7. The lowest BCUT2D eigenvalue weighted by molar-refractivity contribution is -0.138. The van der Waals surface area contributed by atoms with Gasteiger partial charge in [0, 0.05) is 6.20 Å². The molecule has 0 aromatic carbocycles. The van der Waals surface area contributed by atoms with Gasteiger partial charge in [-0.2, -0.15) is 0 Å². The summed E-state index contributed by atoms with van der Waals surface area (Å²) in [7, 11) is 0. The number of hydrogen-bond donors (Lipinski definition) is 1. The van der Waals surface area contributed by atoms with Crippen LogP contribution in [0, 0.1) is 6.92 Å². The number of aliphatic carboxylic acids is 1. The number of rotatable bonds is 3. The molecule has 1 aromatic rings. The highest BCUT2D eigenvalue weighted by atomic mass is 32.2. The van der Waals surface area contributed by atoms with Gasteiger partial charge in [0.25, 0.3) is 0 Å². The van der Waals surface area contributed by atoms with E-state index in [1.165, 1.54) is 34.2 Å². The number of thiazole rings is 1. The summed E-state index contributed by atoms with van der Waals surface area (Å²) in [5.74, 6) is -1.08. The first-order chi connectivity index (χ1) is 9.49. The van der Waals surface area contributed by atoms with Gasteiger partial charge in [-0.05, 0) is 6.92 Å². The second-order valence-electron chi connectivity index (χ2n) is 4.63. The van der Waals surface area contributed by atoms with E-state index >= 15 is 0 Å². The maximum absolute atomic E-state index is 11.6. The summed E-state index contributed by atoms with van der Waals surface area (Å²) in [6.07, 6.45) is 3.54. The summed E-state index contributed by atoms with van der Waals surface area (Å²) < 4.78 is -0.834. The van der Waals surface area contributed by atoms with E-state index in [1.54, 1.807) is 11.6 Å². The van der Waals surface area contributed by atoms with Crippen molar-refractivity contribution < 1.29 is 14.7 Å². The largest absolute Gasteiger partial charge is 0.478 e. The molecule has 1 fully saturated rings. The summed E-state index contributed by atoms with van der Waals surface area (Å²) >= 11 is 2.87. The molecule has 0 aliphatic carbocycles. The number of amides is 1. The van der Waals surface area contributed by atoms with Crippen molar-refractivity contribution in [2.45, 2.75) is 23.5 Å². The van der Waals surface area contributed by atoms with Gasteiger partial charge >= 0.3 is 5.97 Å². The number of fused-ring (bicyclic) bond motifs is 1. The molecule has 0 saturated carbocycles. The molecule has 5 nitrogen and oxygen atoms in total. The fourth-order valence-corrected chi connectivity index (χ4v) is 5.23. The zero-order valence-corrected chi connectivity index (χ0v) is 12.3. The lowest BCUT2D eigenvalue weighted by Crippen LogP contribution is -2.53. The summed E-state index contributed by atoms with van der Waals surface area (Å²) in [6.45, 7) is 5.70. The topological polar surface area (TPSA) is 70.5 Å². The van der Waals surface area contributed by atoms with E-state index in [4.69, 9.17) is 0 Å². The third-order valence-electron chi connectivity index (χ3n) is 3.54. The Kier molecular flexibility index (Phi) is 2.98. The monoisotopic (exact) mass is 308 g/mol. The molecule has 2 aliphatic heterocycles. The van der Waals surface area contributed by atoms with E-state index in [9.17, 15) is 14.7 Å². The molecule has 1 saturated heterocycles.